The van der Waals surface area contributed by atoms with E-state index in [2.05, 4.69) is 32.4 Å². The van der Waals surface area contributed by atoms with Crippen LogP contribution in [0.1, 0.15) is 60.0 Å². The number of aromatic nitrogens is 3. The monoisotopic (exact) mass is 384 g/mol. The van der Waals surface area contributed by atoms with Crippen molar-refractivity contribution in [3.63, 3.8) is 0 Å². The molecule has 2 aromatic rings. The van der Waals surface area contributed by atoms with Crippen LogP contribution in [0, 0.1) is 0 Å². The number of carbonyl (C=O) groups excluding carboxylic acids is 1. The number of rotatable bonds is 5. The van der Waals surface area contributed by atoms with Gasteiger partial charge in [0.15, 0.2) is 5.82 Å². The van der Waals surface area contributed by atoms with Crippen LogP contribution in [-0.4, -0.2) is 69.2 Å². The number of nitrogens with one attached hydrogen (secondary N) is 2. The third-order valence-electron chi connectivity index (χ3n) is 6.70. The quantitative estimate of drug-likeness (QED) is 0.816. The number of nitrogens with zero attached hydrogens (tertiary/aromatic N) is 4. The van der Waals surface area contributed by atoms with Crippen molar-refractivity contribution in [2.75, 3.05) is 26.7 Å². The van der Waals surface area contributed by atoms with Crippen LogP contribution in [0.4, 0.5) is 0 Å². The van der Waals surface area contributed by atoms with Crippen LogP contribution in [0.3, 0.4) is 0 Å². The van der Waals surface area contributed by atoms with Crippen molar-refractivity contribution in [1.82, 2.24) is 30.3 Å². The second-order valence-corrected chi connectivity index (χ2v) is 8.58. The Morgan fingerprint density at radius 2 is 2.29 bits per heavy atom. The lowest BCUT2D eigenvalue weighted by atomic mass is 9.82. The van der Waals surface area contributed by atoms with E-state index in [0.29, 0.717) is 11.5 Å². The van der Waals surface area contributed by atoms with Gasteiger partial charge in [-0.3, -0.25) is 19.7 Å². The van der Waals surface area contributed by atoms with Crippen LogP contribution < -0.4 is 5.32 Å². The van der Waals surface area contributed by atoms with E-state index in [0.717, 1.165) is 57.1 Å². The van der Waals surface area contributed by atoms with E-state index < -0.39 is 0 Å². The fourth-order valence-corrected chi connectivity index (χ4v) is 4.92. The molecule has 0 aromatic carbocycles. The van der Waals surface area contributed by atoms with Crippen LogP contribution in [0.5, 0.6) is 0 Å². The third kappa shape index (κ3) is 3.24. The third-order valence-corrected chi connectivity index (χ3v) is 6.70. The van der Waals surface area contributed by atoms with Gasteiger partial charge in [-0.05, 0) is 51.8 Å². The maximum absolute atomic E-state index is 12.6. The Morgan fingerprint density at radius 3 is 3.07 bits per heavy atom. The number of amides is 1. The van der Waals surface area contributed by atoms with E-state index in [1.807, 2.05) is 0 Å². The highest BCUT2D eigenvalue weighted by Gasteiger charge is 2.49. The highest BCUT2D eigenvalue weighted by atomic mass is 16.3. The minimum absolute atomic E-state index is 0.0308. The van der Waals surface area contributed by atoms with Crippen molar-refractivity contribution < 1.29 is 9.21 Å². The molecule has 4 heterocycles. The average molecular weight is 384 g/mol. The van der Waals surface area contributed by atoms with Crippen molar-refractivity contribution in [2.45, 2.75) is 56.1 Å². The Morgan fingerprint density at radius 1 is 1.39 bits per heavy atom. The summed E-state index contributed by atoms with van der Waals surface area (Å²) in [6.07, 6.45) is 8.67. The van der Waals surface area contributed by atoms with Crippen molar-refractivity contribution in [3.05, 3.63) is 35.8 Å². The summed E-state index contributed by atoms with van der Waals surface area (Å²) in [6, 6.07) is 1.86. The molecule has 28 heavy (non-hydrogen) atoms. The fraction of sp³-hybridized carbons (Fsp3) is 0.650. The number of hydrogen-bond donors (Lipinski definition) is 2. The van der Waals surface area contributed by atoms with Crippen LogP contribution in [0.25, 0.3) is 0 Å². The summed E-state index contributed by atoms with van der Waals surface area (Å²) < 4.78 is 5.07. The molecule has 3 fully saturated rings. The standard InChI is InChI=1S/C20H28N6O2/c1-25-9-5-16(21-19(27)15-6-10-28-12-15)20(25)7-2-8-26(13-20)11-17-22-18(24-23-17)14-3-4-14/h6,10,12,14,16H,2-5,7-9,11,13H2,1H3,(H,21,27)(H,22,23,24). The summed E-state index contributed by atoms with van der Waals surface area (Å²) >= 11 is 0. The second-order valence-electron chi connectivity index (χ2n) is 8.58. The van der Waals surface area contributed by atoms with Gasteiger partial charge in [0.1, 0.15) is 12.1 Å². The minimum atomic E-state index is -0.0464. The highest BCUT2D eigenvalue weighted by Crippen LogP contribution is 2.39. The van der Waals surface area contributed by atoms with Crippen molar-refractivity contribution in [3.8, 4) is 0 Å². The Kier molecular flexibility index (Phi) is 4.47. The highest BCUT2D eigenvalue weighted by molar-refractivity contribution is 5.94. The number of furan rings is 1. The first kappa shape index (κ1) is 17.9. The lowest BCUT2D eigenvalue weighted by Crippen LogP contribution is -2.63. The van der Waals surface area contributed by atoms with Gasteiger partial charge < -0.3 is 9.73 Å². The molecule has 8 heteroatoms. The summed E-state index contributed by atoms with van der Waals surface area (Å²) in [6.45, 7) is 3.77. The van der Waals surface area contributed by atoms with Crippen molar-refractivity contribution in [2.24, 2.45) is 0 Å². The second kappa shape index (κ2) is 7.00. The SMILES string of the molecule is CN1CCC(NC(=O)c2ccoc2)C12CCCN(Cc1nc(C3CC3)n[nH]1)C2. The molecule has 1 saturated carbocycles. The number of piperidine rings is 1. The van der Waals surface area contributed by atoms with E-state index >= 15 is 0 Å². The molecule has 1 amide bonds. The zero-order valence-corrected chi connectivity index (χ0v) is 16.4. The first-order valence-corrected chi connectivity index (χ1v) is 10.3. The van der Waals surface area contributed by atoms with E-state index in [1.165, 1.54) is 19.1 Å². The van der Waals surface area contributed by atoms with Crippen LogP contribution in [0.2, 0.25) is 0 Å². The van der Waals surface area contributed by atoms with Crippen molar-refractivity contribution >= 4 is 5.91 Å². The molecule has 2 atom stereocenters. The number of H-pyrrole nitrogens is 1. The van der Waals surface area contributed by atoms with E-state index in [9.17, 15) is 4.79 Å². The Hall–Kier alpha value is -2.19. The maximum atomic E-state index is 12.6. The van der Waals surface area contributed by atoms with E-state index in [1.54, 1.807) is 12.3 Å². The summed E-state index contributed by atoms with van der Waals surface area (Å²) in [5.74, 6) is 2.46. The lowest BCUT2D eigenvalue weighted by molar-refractivity contribution is 0.0343. The zero-order chi connectivity index (χ0) is 19.1. The predicted molar refractivity (Wildman–Crippen MR) is 103 cm³/mol. The first-order chi connectivity index (χ1) is 13.6. The average Bonchev–Trinajstić information content (AvgIpc) is 3.09. The number of aromatic amines is 1. The topological polar surface area (TPSA) is 90.3 Å². The molecule has 1 aliphatic carbocycles. The molecule has 150 valence electrons. The van der Waals surface area contributed by atoms with Gasteiger partial charge >= 0.3 is 0 Å². The maximum Gasteiger partial charge on any atom is 0.254 e. The Balaban J connectivity index is 1.29. The molecule has 2 saturated heterocycles. The number of likely N-dealkylation sites (tertiary alicyclic amines) is 2. The van der Waals surface area contributed by atoms with E-state index in [-0.39, 0.29) is 17.5 Å². The normalized spacial score (nSPS) is 28.8. The molecule has 2 aliphatic heterocycles. The summed E-state index contributed by atoms with van der Waals surface area (Å²) in [4.78, 5) is 22.2. The number of likely N-dealkylation sites (N-methyl/N-ethyl adjacent to an activating group) is 1. The van der Waals surface area contributed by atoms with Gasteiger partial charge in [-0.15, -0.1) is 0 Å². The van der Waals surface area contributed by atoms with E-state index in [4.69, 9.17) is 9.40 Å². The van der Waals surface area contributed by atoms with Gasteiger partial charge in [0.05, 0.1) is 23.9 Å². The molecule has 8 nitrogen and oxygen atoms in total. The minimum Gasteiger partial charge on any atom is -0.472 e. The van der Waals surface area contributed by atoms with Crippen LogP contribution in [-0.2, 0) is 6.54 Å². The predicted octanol–water partition coefficient (Wildman–Crippen LogP) is 1.74. The molecule has 2 unspecified atom stereocenters. The molecule has 2 N–H and O–H groups in total. The van der Waals surface area contributed by atoms with Gasteiger partial charge in [-0.25, -0.2) is 4.98 Å². The van der Waals surface area contributed by atoms with Crippen molar-refractivity contribution in [1.29, 1.82) is 0 Å². The van der Waals surface area contributed by atoms with Gasteiger partial charge in [0, 0.05) is 25.0 Å². The van der Waals surface area contributed by atoms with Crippen LogP contribution >= 0.6 is 0 Å². The number of carbonyl (C=O) groups is 1. The number of hydrogen-bond acceptors (Lipinski definition) is 6. The molecule has 5 rings (SSSR count). The smallest absolute Gasteiger partial charge is 0.254 e. The van der Waals surface area contributed by atoms with Crippen LogP contribution in [0.15, 0.2) is 23.0 Å². The molecule has 2 aromatic heterocycles. The summed E-state index contributed by atoms with van der Waals surface area (Å²) in [5, 5.41) is 10.8. The largest absolute Gasteiger partial charge is 0.472 e. The lowest BCUT2D eigenvalue weighted by Gasteiger charge is -2.47. The van der Waals surface area contributed by atoms with Gasteiger partial charge in [-0.2, -0.15) is 5.10 Å². The molecule has 0 bridgehead atoms. The van der Waals surface area contributed by atoms with Gasteiger partial charge in [0.25, 0.3) is 5.91 Å². The fourth-order valence-electron chi connectivity index (χ4n) is 4.92. The zero-order valence-electron chi connectivity index (χ0n) is 16.4. The molecular formula is C20H28N6O2. The Bertz CT molecular complexity index is 830. The molecule has 3 aliphatic rings. The molecule has 1 spiro atoms. The summed E-state index contributed by atoms with van der Waals surface area (Å²) in [7, 11) is 2.19. The Labute approximate surface area is 164 Å². The first-order valence-electron chi connectivity index (χ1n) is 10.3. The van der Waals surface area contributed by atoms with Gasteiger partial charge in [-0.1, -0.05) is 0 Å². The summed E-state index contributed by atoms with van der Waals surface area (Å²) in [5.41, 5.74) is 0.559. The molecular weight excluding hydrogens is 356 g/mol. The molecule has 0 radical (unpaired) electrons. The van der Waals surface area contributed by atoms with Gasteiger partial charge in [0.2, 0.25) is 0 Å².